The van der Waals surface area contributed by atoms with Gasteiger partial charge in [0.15, 0.2) is 5.69 Å². The lowest BCUT2D eigenvalue weighted by atomic mass is 9.95. The van der Waals surface area contributed by atoms with Crippen molar-refractivity contribution in [1.82, 2.24) is 15.0 Å². The highest BCUT2D eigenvalue weighted by Gasteiger charge is 2.37. The van der Waals surface area contributed by atoms with Gasteiger partial charge in [-0.05, 0) is 68.3 Å². The molecule has 42 heavy (non-hydrogen) atoms. The van der Waals surface area contributed by atoms with Crippen molar-refractivity contribution < 1.29 is 19.1 Å². The molecule has 1 saturated carbocycles. The minimum Gasteiger partial charge on any atom is -0.395 e. The van der Waals surface area contributed by atoms with E-state index >= 15 is 0 Å². The number of anilines is 2. The number of rotatable bonds is 9. The van der Waals surface area contributed by atoms with E-state index in [1.807, 2.05) is 62.4 Å². The van der Waals surface area contributed by atoms with Crippen LogP contribution in [0.25, 0.3) is 0 Å². The quantitative estimate of drug-likeness (QED) is 0.319. The van der Waals surface area contributed by atoms with Crippen LogP contribution in [0.5, 0.6) is 0 Å². The van der Waals surface area contributed by atoms with Crippen molar-refractivity contribution in [1.29, 1.82) is 0 Å². The number of ether oxygens (including phenoxy) is 1. The number of hydrogen-bond donors (Lipinski definition) is 3. The lowest BCUT2D eigenvalue weighted by Gasteiger charge is -2.32. The van der Waals surface area contributed by atoms with Crippen LogP contribution < -0.4 is 21.3 Å². The van der Waals surface area contributed by atoms with Gasteiger partial charge in [0, 0.05) is 24.9 Å². The molecule has 5 rings (SSSR count). The van der Waals surface area contributed by atoms with Crippen molar-refractivity contribution in [3.8, 4) is 0 Å². The Morgan fingerprint density at radius 1 is 1.02 bits per heavy atom. The number of carbonyl (C=O) groups excluding carboxylic acids is 3. The lowest BCUT2D eigenvalue weighted by molar-refractivity contribution is -0.123. The molecule has 2 aliphatic rings. The van der Waals surface area contributed by atoms with Gasteiger partial charge in [-0.3, -0.25) is 19.3 Å². The summed E-state index contributed by atoms with van der Waals surface area (Å²) < 4.78 is 10.0. The molecule has 2 heterocycles. The molecule has 222 valence electrons. The third kappa shape index (κ3) is 6.65. The van der Waals surface area contributed by atoms with Gasteiger partial charge in [0.2, 0.25) is 5.91 Å². The van der Waals surface area contributed by atoms with Crippen LogP contribution in [0.2, 0.25) is 0 Å². The van der Waals surface area contributed by atoms with Gasteiger partial charge >= 0.3 is 0 Å². The second-order valence-electron chi connectivity index (χ2n) is 11.2. The first-order valence-electron chi connectivity index (χ1n) is 14.7. The number of nitrogen functional groups attached to an aromatic ring is 1. The number of aromatic nitrogens is 1. The predicted octanol–water partition coefficient (Wildman–Crippen LogP) is 5.09. The topological polar surface area (TPSA) is 127 Å². The van der Waals surface area contributed by atoms with Crippen LogP contribution in [0.3, 0.4) is 0 Å². The Morgan fingerprint density at radius 2 is 1.76 bits per heavy atom. The maximum atomic E-state index is 14.5. The van der Waals surface area contributed by atoms with Crippen molar-refractivity contribution in [2.45, 2.75) is 77.0 Å². The van der Waals surface area contributed by atoms with Crippen molar-refractivity contribution >= 4 is 40.6 Å². The molecular weight excluding hydrogens is 550 g/mol. The minimum absolute atomic E-state index is 0.0271. The van der Waals surface area contributed by atoms with Crippen molar-refractivity contribution in [3.05, 3.63) is 75.8 Å². The molecule has 1 aliphatic heterocycles. The van der Waals surface area contributed by atoms with Crippen molar-refractivity contribution in [2.24, 2.45) is 0 Å². The highest BCUT2D eigenvalue weighted by atomic mass is 32.1. The Balaban J connectivity index is 1.51. The Morgan fingerprint density at radius 3 is 2.45 bits per heavy atom. The monoisotopic (exact) mass is 589 g/mol. The zero-order valence-corrected chi connectivity index (χ0v) is 25.0. The third-order valence-electron chi connectivity index (χ3n) is 8.10. The Labute approximate surface area is 251 Å². The normalized spacial score (nSPS) is 17.9. The Kier molecular flexibility index (Phi) is 9.54. The number of hydrogen-bond acceptors (Lipinski definition) is 7. The molecule has 2 aromatic carbocycles. The average Bonchev–Trinajstić information content (AvgIpc) is 3.66. The molecule has 0 bridgehead atoms. The van der Waals surface area contributed by atoms with Crippen LogP contribution in [0.1, 0.15) is 87.8 Å². The summed E-state index contributed by atoms with van der Waals surface area (Å²) in [5.74, 6) is -1.19. The molecule has 2 atom stereocenters. The van der Waals surface area contributed by atoms with Gasteiger partial charge in [-0.15, -0.1) is 0 Å². The molecule has 1 aromatic heterocycles. The van der Waals surface area contributed by atoms with Crippen LogP contribution in [0, 0.1) is 13.8 Å². The summed E-state index contributed by atoms with van der Waals surface area (Å²) in [7, 11) is 0. The van der Waals surface area contributed by atoms with E-state index in [9.17, 15) is 14.4 Å². The lowest BCUT2D eigenvalue weighted by Crippen LogP contribution is -2.46. The first kappa shape index (κ1) is 29.7. The molecule has 4 N–H and O–H groups in total. The van der Waals surface area contributed by atoms with Crippen LogP contribution in [-0.4, -0.2) is 47.4 Å². The largest absolute Gasteiger partial charge is 0.395 e. The molecule has 3 amide bonds. The van der Waals surface area contributed by atoms with Gasteiger partial charge < -0.3 is 21.1 Å². The number of nitrogens with zero attached hydrogens (tertiary/aromatic N) is 2. The number of carbonyl (C=O) groups is 3. The number of para-hydroxylation sites is 1. The molecule has 0 radical (unpaired) electrons. The molecule has 9 nitrogen and oxygen atoms in total. The molecule has 1 saturated heterocycles. The Bertz CT molecular complexity index is 1410. The van der Waals surface area contributed by atoms with E-state index in [1.165, 1.54) is 11.3 Å². The van der Waals surface area contributed by atoms with Gasteiger partial charge in [0.05, 0.1) is 11.8 Å². The average molecular weight is 590 g/mol. The van der Waals surface area contributed by atoms with Gasteiger partial charge in [-0.2, -0.15) is 4.37 Å². The van der Waals surface area contributed by atoms with Crippen molar-refractivity contribution in [3.63, 3.8) is 0 Å². The van der Waals surface area contributed by atoms with E-state index < -0.39 is 11.9 Å². The molecule has 0 unspecified atom stereocenters. The second-order valence-corrected chi connectivity index (χ2v) is 12.0. The van der Waals surface area contributed by atoms with Crippen molar-refractivity contribution in [2.75, 3.05) is 23.8 Å². The molecule has 1 aliphatic carbocycles. The zero-order valence-electron chi connectivity index (χ0n) is 24.2. The van der Waals surface area contributed by atoms with Crippen LogP contribution in [-0.2, 0) is 9.53 Å². The summed E-state index contributed by atoms with van der Waals surface area (Å²) in [6.07, 6.45) is 6.92. The van der Waals surface area contributed by atoms with Crippen LogP contribution in [0.4, 0.5) is 11.4 Å². The van der Waals surface area contributed by atoms with E-state index in [0.717, 1.165) is 61.2 Å². The maximum absolute atomic E-state index is 14.5. The standard InChI is InChI=1S/C32H39N5O4S/c1-20-14-16-22(17-15-20)28(31(39)34-19-24-12-8-18-41-24)37(25-13-7-6-9-21(25)2)32(40)29-26(33)27(36-42-29)30(38)35-23-10-4-3-5-11-23/h6-7,9,13-17,23-24,28H,3-5,8,10-12,18-19,33H2,1-2H3,(H,34,39)(H,35,38)/t24-,28-/m1/s1. The third-order valence-corrected chi connectivity index (χ3v) is 8.95. The fourth-order valence-corrected chi connectivity index (χ4v) is 6.44. The number of benzene rings is 2. The van der Waals surface area contributed by atoms with Gasteiger partial charge in [-0.1, -0.05) is 67.3 Å². The van der Waals surface area contributed by atoms with Crippen LogP contribution >= 0.6 is 11.5 Å². The summed E-state index contributed by atoms with van der Waals surface area (Å²) in [6.45, 7) is 4.89. The maximum Gasteiger partial charge on any atom is 0.273 e. The molecule has 0 spiro atoms. The van der Waals surface area contributed by atoms with E-state index in [1.54, 1.807) is 0 Å². The smallest absolute Gasteiger partial charge is 0.273 e. The summed E-state index contributed by atoms with van der Waals surface area (Å²) >= 11 is 0.885. The fraction of sp³-hybridized carbons (Fsp3) is 0.438. The zero-order chi connectivity index (χ0) is 29.6. The van der Waals surface area contributed by atoms with E-state index in [2.05, 4.69) is 15.0 Å². The first-order chi connectivity index (χ1) is 20.3. The van der Waals surface area contributed by atoms with E-state index in [4.69, 9.17) is 10.5 Å². The molecule has 10 heteroatoms. The minimum atomic E-state index is -0.999. The summed E-state index contributed by atoms with van der Waals surface area (Å²) in [5.41, 5.74) is 9.61. The SMILES string of the molecule is Cc1ccc([C@H](C(=O)NC[C@H]2CCCO2)N(C(=O)c2snc(C(=O)NC3CCCCC3)c2N)c2ccccc2C)cc1. The summed E-state index contributed by atoms with van der Waals surface area (Å²) in [4.78, 5) is 43.2. The number of nitrogens with one attached hydrogen (secondary N) is 2. The highest BCUT2D eigenvalue weighted by Crippen LogP contribution is 2.35. The van der Waals surface area contributed by atoms with Gasteiger partial charge in [0.1, 0.15) is 10.9 Å². The highest BCUT2D eigenvalue weighted by molar-refractivity contribution is 7.09. The molecule has 3 aromatic rings. The van der Waals surface area contributed by atoms with Gasteiger partial charge in [-0.25, -0.2) is 0 Å². The predicted molar refractivity (Wildman–Crippen MR) is 165 cm³/mol. The summed E-state index contributed by atoms with van der Waals surface area (Å²) in [5, 5.41) is 6.07. The van der Waals surface area contributed by atoms with Crippen LogP contribution in [0.15, 0.2) is 48.5 Å². The molecular formula is C32H39N5O4S. The second kappa shape index (κ2) is 13.5. The number of amides is 3. The van der Waals surface area contributed by atoms with E-state index in [0.29, 0.717) is 24.4 Å². The molecule has 2 fully saturated rings. The van der Waals surface area contributed by atoms with E-state index in [-0.39, 0.29) is 40.2 Å². The fourth-order valence-electron chi connectivity index (χ4n) is 5.71. The van der Waals surface area contributed by atoms with Gasteiger partial charge in [0.25, 0.3) is 11.8 Å². The first-order valence-corrected chi connectivity index (χ1v) is 15.5. The number of aryl methyl sites for hydroxylation is 2. The number of nitrogens with two attached hydrogens (primary N) is 1. The summed E-state index contributed by atoms with van der Waals surface area (Å²) in [6, 6.07) is 14.1. The Hall–Kier alpha value is -3.76.